The van der Waals surface area contributed by atoms with Crippen molar-refractivity contribution in [3.63, 3.8) is 0 Å². The highest BCUT2D eigenvalue weighted by Gasteiger charge is 2.34. The van der Waals surface area contributed by atoms with E-state index in [0.29, 0.717) is 5.78 Å². The van der Waals surface area contributed by atoms with Crippen molar-refractivity contribution in [1.29, 1.82) is 0 Å². The molecule has 0 aliphatic carbocycles. The van der Waals surface area contributed by atoms with Crippen LogP contribution in [0.15, 0.2) is 0 Å². The maximum Gasteiger partial charge on any atom is 0.334 e. The standard InChI is InChI=1S/C17H38O5Si2/c1-9-15(11-13-23(7,19-3)20-4)17(18)16(10-2)12-14-24(8,21-5)22-6/h15-16H,9-14H2,1-8H3. The van der Waals surface area contributed by atoms with Crippen LogP contribution in [0, 0.1) is 11.8 Å². The monoisotopic (exact) mass is 378 g/mol. The quantitative estimate of drug-likeness (QED) is 0.426. The molecule has 0 spiro atoms. The molecule has 24 heavy (non-hydrogen) atoms. The lowest BCUT2D eigenvalue weighted by molar-refractivity contribution is -0.127. The van der Waals surface area contributed by atoms with Gasteiger partial charge in [-0.25, -0.2) is 0 Å². The summed E-state index contributed by atoms with van der Waals surface area (Å²) in [5.41, 5.74) is 0. The van der Waals surface area contributed by atoms with Gasteiger partial charge >= 0.3 is 17.1 Å². The number of hydrogen-bond acceptors (Lipinski definition) is 5. The van der Waals surface area contributed by atoms with E-state index in [0.717, 1.165) is 37.8 Å². The second-order valence-electron chi connectivity index (χ2n) is 6.77. The molecule has 0 radical (unpaired) electrons. The smallest absolute Gasteiger partial charge is 0.334 e. The van der Waals surface area contributed by atoms with Crippen LogP contribution in [0.1, 0.15) is 39.5 Å². The van der Waals surface area contributed by atoms with Crippen LogP contribution in [0.2, 0.25) is 25.2 Å². The number of Topliss-reactive ketones (excluding diaryl/α,β-unsaturated/α-hetero) is 1. The number of rotatable bonds is 14. The first-order valence-electron chi connectivity index (χ1n) is 8.99. The minimum Gasteiger partial charge on any atom is -0.398 e. The molecule has 0 N–H and O–H groups in total. The van der Waals surface area contributed by atoms with Gasteiger partial charge in [-0.1, -0.05) is 13.8 Å². The Kier molecular flexibility index (Phi) is 11.5. The number of ketones is 1. The van der Waals surface area contributed by atoms with Crippen LogP contribution in [0.3, 0.4) is 0 Å². The van der Waals surface area contributed by atoms with E-state index in [4.69, 9.17) is 17.7 Å². The molecule has 0 fully saturated rings. The zero-order valence-corrected chi connectivity index (χ0v) is 18.9. The predicted octanol–water partition coefficient (Wildman–Crippen LogP) is 4.12. The molecule has 7 heteroatoms. The average Bonchev–Trinajstić information content (AvgIpc) is 2.62. The van der Waals surface area contributed by atoms with Crippen LogP contribution >= 0.6 is 0 Å². The van der Waals surface area contributed by atoms with Crippen LogP contribution < -0.4 is 0 Å². The van der Waals surface area contributed by atoms with Crippen molar-refractivity contribution < 1.29 is 22.5 Å². The molecule has 0 aliphatic rings. The zero-order chi connectivity index (χ0) is 18.8. The molecule has 0 aromatic rings. The van der Waals surface area contributed by atoms with Crippen LogP contribution in [0.4, 0.5) is 0 Å². The average molecular weight is 379 g/mol. The first kappa shape index (κ1) is 23.9. The van der Waals surface area contributed by atoms with Gasteiger partial charge in [0, 0.05) is 40.3 Å². The van der Waals surface area contributed by atoms with Crippen LogP contribution in [0.5, 0.6) is 0 Å². The van der Waals surface area contributed by atoms with Crippen LogP contribution in [0.25, 0.3) is 0 Å². The van der Waals surface area contributed by atoms with Crippen LogP contribution in [-0.4, -0.2) is 51.3 Å². The highest BCUT2D eigenvalue weighted by Crippen LogP contribution is 2.28. The lowest BCUT2D eigenvalue weighted by Crippen LogP contribution is -2.38. The van der Waals surface area contributed by atoms with Gasteiger partial charge in [-0.3, -0.25) is 4.79 Å². The fraction of sp³-hybridized carbons (Fsp3) is 0.941. The van der Waals surface area contributed by atoms with E-state index in [9.17, 15) is 4.79 Å². The lowest BCUT2D eigenvalue weighted by Gasteiger charge is -2.28. The molecule has 5 nitrogen and oxygen atoms in total. The van der Waals surface area contributed by atoms with Gasteiger partial charge < -0.3 is 17.7 Å². The molecule has 2 atom stereocenters. The number of carbonyl (C=O) groups excluding carboxylic acids is 1. The maximum atomic E-state index is 13.0. The molecule has 0 heterocycles. The fourth-order valence-electron chi connectivity index (χ4n) is 2.88. The number of hydrogen-bond donors (Lipinski definition) is 0. The minimum atomic E-state index is -2.11. The molecule has 0 saturated heterocycles. The van der Waals surface area contributed by atoms with E-state index >= 15 is 0 Å². The van der Waals surface area contributed by atoms with E-state index in [1.165, 1.54) is 0 Å². The summed E-state index contributed by atoms with van der Waals surface area (Å²) in [7, 11) is 2.59. The Labute approximate surface area is 150 Å². The van der Waals surface area contributed by atoms with Gasteiger partial charge in [0.25, 0.3) is 0 Å². The van der Waals surface area contributed by atoms with Gasteiger partial charge in [-0.05, 0) is 50.9 Å². The molecular formula is C17H38O5Si2. The predicted molar refractivity (Wildman–Crippen MR) is 103 cm³/mol. The van der Waals surface area contributed by atoms with E-state index in [1.54, 1.807) is 28.4 Å². The first-order valence-corrected chi connectivity index (χ1v) is 14.0. The summed E-state index contributed by atoms with van der Waals surface area (Å²) in [4.78, 5) is 13.0. The Morgan fingerprint density at radius 3 is 1.25 bits per heavy atom. The second-order valence-corrected chi connectivity index (χ2v) is 13.9. The van der Waals surface area contributed by atoms with Crippen molar-refractivity contribution in [1.82, 2.24) is 0 Å². The summed E-state index contributed by atoms with van der Waals surface area (Å²) >= 11 is 0. The molecule has 0 aromatic heterocycles. The van der Waals surface area contributed by atoms with E-state index in [1.807, 2.05) is 0 Å². The normalized spacial score (nSPS) is 15.3. The third-order valence-corrected chi connectivity index (χ3v) is 11.3. The Morgan fingerprint density at radius 1 is 0.750 bits per heavy atom. The third-order valence-electron chi connectivity index (χ3n) is 5.41. The van der Waals surface area contributed by atoms with Crippen molar-refractivity contribution in [3.05, 3.63) is 0 Å². The lowest BCUT2D eigenvalue weighted by atomic mass is 9.86. The molecule has 0 rings (SSSR count). The third kappa shape index (κ3) is 7.45. The maximum absolute atomic E-state index is 13.0. The number of carbonyl (C=O) groups is 1. The topological polar surface area (TPSA) is 54.0 Å². The van der Waals surface area contributed by atoms with Gasteiger partial charge in [0.15, 0.2) is 0 Å². The molecule has 0 aliphatic heterocycles. The van der Waals surface area contributed by atoms with Crippen molar-refractivity contribution in [2.75, 3.05) is 28.4 Å². The summed E-state index contributed by atoms with van der Waals surface area (Å²) in [6, 6.07) is 1.70. The Bertz CT molecular complexity index is 325. The van der Waals surface area contributed by atoms with E-state index in [-0.39, 0.29) is 11.8 Å². The molecule has 0 aromatic carbocycles. The first-order chi connectivity index (χ1) is 11.2. The van der Waals surface area contributed by atoms with Gasteiger partial charge in [0.2, 0.25) is 0 Å². The summed E-state index contributed by atoms with van der Waals surface area (Å²) in [5.74, 6) is 0.558. The Hall–Kier alpha value is -0.0562. The highest BCUT2D eigenvalue weighted by atomic mass is 28.4. The summed E-state index contributed by atoms with van der Waals surface area (Å²) in [6.07, 6.45) is 3.44. The van der Waals surface area contributed by atoms with Gasteiger partial charge in [0.1, 0.15) is 5.78 Å². The van der Waals surface area contributed by atoms with Gasteiger partial charge in [0.05, 0.1) is 0 Å². The Morgan fingerprint density at radius 2 is 1.04 bits per heavy atom. The molecular weight excluding hydrogens is 340 g/mol. The van der Waals surface area contributed by atoms with Crippen molar-refractivity contribution in [2.45, 2.75) is 64.7 Å². The molecule has 0 bridgehead atoms. The van der Waals surface area contributed by atoms with Crippen molar-refractivity contribution in [3.8, 4) is 0 Å². The molecule has 2 unspecified atom stereocenters. The van der Waals surface area contributed by atoms with Gasteiger partial charge in [-0.2, -0.15) is 0 Å². The Balaban J connectivity index is 4.77. The summed E-state index contributed by atoms with van der Waals surface area (Å²) in [6.45, 7) is 8.29. The fourth-order valence-corrected chi connectivity index (χ4v) is 5.77. The SMILES string of the molecule is CCC(CC[Si](C)(OC)OC)C(=O)C(CC)CC[Si](C)(OC)OC. The minimum absolute atomic E-state index is 0.0880. The summed E-state index contributed by atoms with van der Waals surface area (Å²) < 4.78 is 22.2. The van der Waals surface area contributed by atoms with Crippen molar-refractivity contribution in [2.24, 2.45) is 11.8 Å². The highest BCUT2D eigenvalue weighted by molar-refractivity contribution is 6.66. The van der Waals surface area contributed by atoms with E-state index in [2.05, 4.69) is 26.9 Å². The zero-order valence-electron chi connectivity index (χ0n) is 16.9. The summed E-state index contributed by atoms with van der Waals surface area (Å²) in [5, 5.41) is 0. The van der Waals surface area contributed by atoms with Crippen LogP contribution in [-0.2, 0) is 22.5 Å². The molecule has 0 amide bonds. The molecule has 0 saturated carbocycles. The molecule has 144 valence electrons. The van der Waals surface area contributed by atoms with Gasteiger partial charge in [-0.15, -0.1) is 0 Å². The largest absolute Gasteiger partial charge is 0.398 e. The van der Waals surface area contributed by atoms with Crippen molar-refractivity contribution >= 4 is 22.9 Å². The second kappa shape index (κ2) is 11.5. The van der Waals surface area contributed by atoms with E-state index < -0.39 is 17.1 Å².